The number of para-hydroxylation sites is 1. The lowest BCUT2D eigenvalue weighted by atomic mass is 10.0. The van der Waals surface area contributed by atoms with Crippen molar-refractivity contribution in [1.29, 1.82) is 0 Å². The van der Waals surface area contributed by atoms with Gasteiger partial charge in [-0.05, 0) is 43.0 Å². The molecule has 31 heavy (non-hydrogen) atoms. The molecule has 0 amide bonds. The van der Waals surface area contributed by atoms with Crippen LogP contribution in [0.1, 0.15) is 24.2 Å². The Morgan fingerprint density at radius 3 is 2.58 bits per heavy atom. The van der Waals surface area contributed by atoms with Crippen molar-refractivity contribution in [2.75, 3.05) is 11.1 Å². The van der Waals surface area contributed by atoms with E-state index in [0.717, 1.165) is 17.3 Å². The number of fused-ring (bicyclic) bond motifs is 1. The van der Waals surface area contributed by atoms with Gasteiger partial charge in [0, 0.05) is 11.4 Å². The zero-order valence-electron chi connectivity index (χ0n) is 16.9. The fraction of sp³-hybridized carbons (Fsp3) is 0.136. The minimum absolute atomic E-state index is 0.0126. The van der Waals surface area contributed by atoms with Gasteiger partial charge in [0.1, 0.15) is 6.33 Å². The van der Waals surface area contributed by atoms with Gasteiger partial charge in [-0.25, -0.2) is 9.97 Å². The smallest absolute Gasteiger partial charge is 0.353 e. The maximum absolute atomic E-state index is 13.5. The Labute approximate surface area is 177 Å². The van der Waals surface area contributed by atoms with Crippen LogP contribution >= 0.6 is 0 Å². The van der Waals surface area contributed by atoms with Crippen molar-refractivity contribution < 1.29 is 4.92 Å². The third-order valence-corrected chi connectivity index (χ3v) is 5.13. The monoisotopic (exact) mass is 416 g/mol. The summed E-state index contributed by atoms with van der Waals surface area (Å²) in [6, 6.07) is 16.3. The van der Waals surface area contributed by atoms with E-state index in [0.29, 0.717) is 16.8 Å². The lowest BCUT2D eigenvalue weighted by molar-refractivity contribution is -0.383. The molecule has 0 fully saturated rings. The number of anilines is 2. The molecule has 0 saturated carbocycles. The zero-order valence-corrected chi connectivity index (χ0v) is 16.9. The summed E-state index contributed by atoms with van der Waals surface area (Å²) in [5.74, 6) is -0.245. The van der Waals surface area contributed by atoms with Crippen molar-refractivity contribution in [2.24, 2.45) is 0 Å². The van der Waals surface area contributed by atoms with Crippen molar-refractivity contribution in [3.05, 3.63) is 92.7 Å². The van der Waals surface area contributed by atoms with Crippen LogP contribution in [0.2, 0.25) is 0 Å². The normalized spacial score (nSPS) is 11.9. The number of nitro groups is 1. The molecule has 4 rings (SSSR count). The van der Waals surface area contributed by atoms with Gasteiger partial charge in [-0.2, -0.15) is 0 Å². The Bertz CT molecular complexity index is 1350. The van der Waals surface area contributed by atoms with Gasteiger partial charge >= 0.3 is 5.69 Å². The van der Waals surface area contributed by atoms with Gasteiger partial charge < -0.3 is 11.1 Å². The third-order valence-electron chi connectivity index (χ3n) is 5.13. The molecule has 0 aliphatic carbocycles. The maximum Gasteiger partial charge on any atom is 0.353 e. The maximum atomic E-state index is 13.5. The first-order valence-corrected chi connectivity index (χ1v) is 9.60. The number of hydrogen-bond acceptors (Lipinski definition) is 7. The Morgan fingerprint density at radius 1 is 1.13 bits per heavy atom. The Morgan fingerprint density at radius 2 is 1.87 bits per heavy atom. The number of hydrogen-bond donors (Lipinski definition) is 2. The molecule has 2 heterocycles. The van der Waals surface area contributed by atoms with E-state index in [1.807, 2.05) is 61.5 Å². The van der Waals surface area contributed by atoms with E-state index in [1.165, 1.54) is 0 Å². The number of benzene rings is 2. The number of nitrogen functional groups attached to an aromatic ring is 1. The topological polar surface area (TPSA) is 129 Å². The van der Waals surface area contributed by atoms with E-state index in [-0.39, 0.29) is 17.2 Å². The summed E-state index contributed by atoms with van der Waals surface area (Å²) in [6.45, 7) is 3.70. The first-order chi connectivity index (χ1) is 14.9. The molecule has 3 N–H and O–H groups in total. The van der Waals surface area contributed by atoms with Gasteiger partial charge in [-0.1, -0.05) is 36.4 Å². The van der Waals surface area contributed by atoms with Crippen LogP contribution in [0.4, 0.5) is 17.3 Å². The van der Waals surface area contributed by atoms with Crippen molar-refractivity contribution >= 4 is 28.1 Å². The summed E-state index contributed by atoms with van der Waals surface area (Å²) < 4.78 is 1.61. The van der Waals surface area contributed by atoms with Crippen LogP contribution in [-0.2, 0) is 0 Å². The average Bonchev–Trinajstić information content (AvgIpc) is 2.74. The van der Waals surface area contributed by atoms with Crippen LogP contribution in [0, 0.1) is 17.0 Å². The lowest BCUT2D eigenvalue weighted by Crippen LogP contribution is -2.26. The summed E-state index contributed by atoms with van der Waals surface area (Å²) in [6.07, 6.45) is 1.16. The molecule has 2 aromatic heterocycles. The van der Waals surface area contributed by atoms with Crippen LogP contribution in [-0.4, -0.2) is 19.5 Å². The first-order valence-electron chi connectivity index (χ1n) is 9.60. The van der Waals surface area contributed by atoms with Crippen LogP contribution in [0.5, 0.6) is 0 Å². The van der Waals surface area contributed by atoms with Crippen molar-refractivity contribution in [3.63, 3.8) is 0 Å². The Hall–Kier alpha value is -4.27. The summed E-state index contributed by atoms with van der Waals surface area (Å²) in [7, 11) is 0. The third kappa shape index (κ3) is 3.57. The Balaban J connectivity index is 1.93. The standard InChI is InChI=1S/C22H20N6O3/c1-13-7-6-8-15-11-17(27(22(29)18(13)15)16-9-4-3-5-10-16)14(2)26-21-19(28(30)31)20(23)24-12-25-21/h3-12,14H,1-2H3,(H3,23,24,25,26)/t14-/m0/s1. The van der Waals surface area contributed by atoms with E-state index < -0.39 is 16.7 Å². The van der Waals surface area contributed by atoms with E-state index >= 15 is 0 Å². The number of pyridine rings is 1. The molecule has 2 aromatic carbocycles. The number of nitrogens with zero attached hydrogens (tertiary/aromatic N) is 4. The molecular weight excluding hydrogens is 396 g/mol. The van der Waals surface area contributed by atoms with Gasteiger partial charge in [0.2, 0.25) is 11.6 Å². The van der Waals surface area contributed by atoms with Crippen molar-refractivity contribution in [3.8, 4) is 5.69 Å². The fourth-order valence-electron chi connectivity index (χ4n) is 3.67. The lowest BCUT2D eigenvalue weighted by Gasteiger charge is -2.21. The van der Waals surface area contributed by atoms with Crippen LogP contribution in [0.25, 0.3) is 16.5 Å². The second-order valence-corrected chi connectivity index (χ2v) is 7.16. The van der Waals surface area contributed by atoms with Crippen LogP contribution in [0.3, 0.4) is 0 Å². The van der Waals surface area contributed by atoms with Gasteiger partial charge in [0.25, 0.3) is 5.56 Å². The molecule has 1 atom stereocenters. The summed E-state index contributed by atoms with van der Waals surface area (Å²) in [5, 5.41) is 15.9. The van der Waals surface area contributed by atoms with Crippen LogP contribution < -0.4 is 16.6 Å². The first kappa shape index (κ1) is 20.0. The fourth-order valence-corrected chi connectivity index (χ4v) is 3.67. The molecule has 0 unspecified atom stereocenters. The molecule has 0 bridgehead atoms. The number of rotatable bonds is 5. The predicted molar refractivity (Wildman–Crippen MR) is 119 cm³/mol. The van der Waals surface area contributed by atoms with E-state index in [9.17, 15) is 14.9 Å². The van der Waals surface area contributed by atoms with Crippen LogP contribution in [0.15, 0.2) is 65.7 Å². The zero-order chi connectivity index (χ0) is 22.1. The predicted octanol–water partition coefficient (Wildman–Crippen LogP) is 3.75. The summed E-state index contributed by atoms with van der Waals surface area (Å²) >= 11 is 0. The molecule has 0 aliphatic rings. The molecular formula is C22H20N6O3. The SMILES string of the molecule is Cc1cccc2cc([C@H](C)Nc3ncnc(N)c3[N+](=O)[O-])n(-c3ccccc3)c(=O)c12. The van der Waals surface area contributed by atoms with E-state index in [4.69, 9.17) is 5.73 Å². The Kier molecular flexibility index (Phi) is 5.08. The highest BCUT2D eigenvalue weighted by molar-refractivity contribution is 5.85. The number of nitrogens with one attached hydrogen (secondary N) is 1. The number of aryl methyl sites for hydroxylation is 1. The second-order valence-electron chi connectivity index (χ2n) is 7.16. The van der Waals surface area contributed by atoms with E-state index in [2.05, 4.69) is 15.3 Å². The molecule has 0 saturated heterocycles. The molecule has 156 valence electrons. The largest absolute Gasteiger partial charge is 0.378 e. The summed E-state index contributed by atoms with van der Waals surface area (Å²) in [4.78, 5) is 32.1. The van der Waals surface area contributed by atoms with Gasteiger partial charge in [0.05, 0.1) is 16.4 Å². The average molecular weight is 416 g/mol. The highest BCUT2D eigenvalue weighted by Gasteiger charge is 2.24. The summed E-state index contributed by atoms with van der Waals surface area (Å²) in [5.41, 5.74) is 7.31. The van der Waals surface area contributed by atoms with Crippen molar-refractivity contribution in [1.82, 2.24) is 14.5 Å². The highest BCUT2D eigenvalue weighted by atomic mass is 16.6. The number of nitrogens with two attached hydrogens (primary N) is 1. The molecule has 9 heteroatoms. The molecule has 0 radical (unpaired) electrons. The van der Waals surface area contributed by atoms with Crippen molar-refractivity contribution in [2.45, 2.75) is 19.9 Å². The van der Waals surface area contributed by atoms with Gasteiger partial charge in [0.15, 0.2) is 0 Å². The minimum Gasteiger partial charge on any atom is -0.378 e. The molecule has 4 aromatic rings. The molecule has 0 aliphatic heterocycles. The minimum atomic E-state index is -0.627. The quantitative estimate of drug-likeness (QED) is 0.374. The highest BCUT2D eigenvalue weighted by Crippen LogP contribution is 2.31. The van der Waals surface area contributed by atoms with Gasteiger partial charge in [-0.3, -0.25) is 19.5 Å². The second kappa shape index (κ2) is 7.86. The van der Waals surface area contributed by atoms with E-state index in [1.54, 1.807) is 11.5 Å². The molecule has 9 nitrogen and oxygen atoms in total. The van der Waals surface area contributed by atoms with Gasteiger partial charge in [-0.15, -0.1) is 0 Å². The number of aromatic nitrogens is 3. The molecule has 0 spiro atoms.